The highest BCUT2D eigenvalue weighted by Crippen LogP contribution is 2.24. The van der Waals surface area contributed by atoms with Crippen molar-refractivity contribution in [2.45, 2.75) is 20.4 Å². The van der Waals surface area contributed by atoms with Crippen LogP contribution in [0.5, 0.6) is 0 Å². The standard InChI is InChI=1S/C21H20N2O2/c1-4-23-19-13-17(22-20(24)14(2)3)11-10-16(19)12-18(21(23)25)15-8-6-5-7-9-15/h5-13H,2,4H2,1,3H3,(H,22,24). The highest BCUT2D eigenvalue weighted by Gasteiger charge is 2.11. The van der Waals surface area contributed by atoms with Gasteiger partial charge in [-0.2, -0.15) is 0 Å². The number of rotatable bonds is 4. The maximum Gasteiger partial charge on any atom is 0.258 e. The Morgan fingerprint density at radius 1 is 1.12 bits per heavy atom. The molecule has 4 heteroatoms. The van der Waals surface area contributed by atoms with E-state index in [2.05, 4.69) is 11.9 Å². The summed E-state index contributed by atoms with van der Waals surface area (Å²) in [6.07, 6.45) is 0. The fraction of sp³-hybridized carbons (Fsp3) is 0.143. The Kier molecular flexibility index (Phi) is 4.52. The van der Waals surface area contributed by atoms with E-state index < -0.39 is 0 Å². The molecule has 0 saturated carbocycles. The van der Waals surface area contributed by atoms with Gasteiger partial charge in [-0.25, -0.2) is 0 Å². The van der Waals surface area contributed by atoms with Crippen molar-refractivity contribution in [1.29, 1.82) is 0 Å². The second-order valence-electron chi connectivity index (χ2n) is 5.98. The van der Waals surface area contributed by atoms with Gasteiger partial charge in [0.2, 0.25) is 0 Å². The lowest BCUT2D eigenvalue weighted by atomic mass is 10.0. The highest BCUT2D eigenvalue weighted by atomic mass is 16.1. The van der Waals surface area contributed by atoms with E-state index in [0.29, 0.717) is 23.4 Å². The number of hydrogen-bond acceptors (Lipinski definition) is 2. The normalized spacial score (nSPS) is 10.6. The summed E-state index contributed by atoms with van der Waals surface area (Å²) >= 11 is 0. The summed E-state index contributed by atoms with van der Waals surface area (Å²) < 4.78 is 1.73. The van der Waals surface area contributed by atoms with Gasteiger partial charge in [0.1, 0.15) is 0 Å². The number of hydrogen-bond donors (Lipinski definition) is 1. The number of benzene rings is 2. The van der Waals surface area contributed by atoms with E-state index in [-0.39, 0.29) is 11.5 Å². The monoisotopic (exact) mass is 332 g/mol. The fourth-order valence-electron chi connectivity index (χ4n) is 2.83. The number of aryl methyl sites for hydroxylation is 1. The van der Waals surface area contributed by atoms with E-state index >= 15 is 0 Å². The van der Waals surface area contributed by atoms with Gasteiger partial charge in [0, 0.05) is 23.4 Å². The van der Waals surface area contributed by atoms with Crippen molar-refractivity contribution >= 4 is 22.5 Å². The molecule has 0 aliphatic carbocycles. The van der Waals surface area contributed by atoms with Crippen LogP contribution in [0.15, 0.2) is 71.5 Å². The Bertz CT molecular complexity index is 1020. The first-order valence-electron chi connectivity index (χ1n) is 8.21. The van der Waals surface area contributed by atoms with Crippen LogP contribution in [0.1, 0.15) is 13.8 Å². The molecule has 1 heterocycles. The molecule has 126 valence electrons. The summed E-state index contributed by atoms with van der Waals surface area (Å²) in [5, 5.41) is 3.75. The van der Waals surface area contributed by atoms with Crippen molar-refractivity contribution in [3.8, 4) is 11.1 Å². The molecule has 3 rings (SSSR count). The summed E-state index contributed by atoms with van der Waals surface area (Å²) in [4.78, 5) is 24.7. The topological polar surface area (TPSA) is 51.1 Å². The van der Waals surface area contributed by atoms with E-state index in [4.69, 9.17) is 0 Å². The molecule has 0 fully saturated rings. The zero-order valence-electron chi connectivity index (χ0n) is 14.4. The molecule has 2 aromatic carbocycles. The minimum Gasteiger partial charge on any atom is -0.322 e. The van der Waals surface area contributed by atoms with Gasteiger partial charge in [-0.05, 0) is 43.0 Å². The highest BCUT2D eigenvalue weighted by molar-refractivity contribution is 6.03. The van der Waals surface area contributed by atoms with Crippen LogP contribution in [0.25, 0.3) is 22.0 Å². The maximum atomic E-state index is 12.9. The van der Waals surface area contributed by atoms with Crippen molar-refractivity contribution < 1.29 is 4.79 Å². The summed E-state index contributed by atoms with van der Waals surface area (Å²) in [5.41, 5.74) is 3.42. The zero-order chi connectivity index (χ0) is 18.0. The quantitative estimate of drug-likeness (QED) is 0.728. The Morgan fingerprint density at radius 3 is 2.48 bits per heavy atom. The third-order valence-corrected chi connectivity index (χ3v) is 4.14. The van der Waals surface area contributed by atoms with Crippen LogP contribution in [0.4, 0.5) is 5.69 Å². The van der Waals surface area contributed by atoms with Gasteiger partial charge in [0.25, 0.3) is 11.5 Å². The number of anilines is 1. The van der Waals surface area contributed by atoms with Crippen molar-refractivity contribution in [3.63, 3.8) is 0 Å². The zero-order valence-corrected chi connectivity index (χ0v) is 14.4. The Balaban J connectivity index is 2.17. The first-order valence-corrected chi connectivity index (χ1v) is 8.21. The number of fused-ring (bicyclic) bond motifs is 1. The molecule has 4 nitrogen and oxygen atoms in total. The van der Waals surface area contributed by atoms with Gasteiger partial charge in [-0.3, -0.25) is 9.59 Å². The van der Waals surface area contributed by atoms with Gasteiger partial charge in [-0.1, -0.05) is 43.0 Å². The third kappa shape index (κ3) is 3.24. The molecule has 0 saturated heterocycles. The van der Waals surface area contributed by atoms with Crippen molar-refractivity contribution in [1.82, 2.24) is 4.57 Å². The average Bonchev–Trinajstić information content (AvgIpc) is 2.62. The molecule has 0 aliphatic heterocycles. The Morgan fingerprint density at radius 2 is 1.84 bits per heavy atom. The number of amides is 1. The summed E-state index contributed by atoms with van der Waals surface area (Å²) in [7, 11) is 0. The van der Waals surface area contributed by atoms with Crippen molar-refractivity contribution in [3.05, 3.63) is 77.1 Å². The largest absolute Gasteiger partial charge is 0.322 e. The molecule has 0 radical (unpaired) electrons. The van der Waals surface area contributed by atoms with E-state index in [0.717, 1.165) is 16.5 Å². The lowest BCUT2D eigenvalue weighted by Gasteiger charge is -2.13. The van der Waals surface area contributed by atoms with Gasteiger partial charge < -0.3 is 9.88 Å². The van der Waals surface area contributed by atoms with E-state index in [1.165, 1.54) is 0 Å². The van der Waals surface area contributed by atoms with Crippen molar-refractivity contribution in [2.75, 3.05) is 5.32 Å². The van der Waals surface area contributed by atoms with Crippen LogP contribution in [0.3, 0.4) is 0 Å². The summed E-state index contributed by atoms with van der Waals surface area (Å²) in [6, 6.07) is 17.1. The first-order chi connectivity index (χ1) is 12.0. The van der Waals surface area contributed by atoms with E-state index in [1.807, 2.05) is 61.5 Å². The van der Waals surface area contributed by atoms with Crippen LogP contribution in [-0.2, 0) is 11.3 Å². The van der Waals surface area contributed by atoms with Crippen LogP contribution in [-0.4, -0.2) is 10.5 Å². The molecular formula is C21H20N2O2. The van der Waals surface area contributed by atoms with Gasteiger partial charge in [-0.15, -0.1) is 0 Å². The number of nitrogens with zero attached hydrogens (tertiary/aromatic N) is 1. The summed E-state index contributed by atoms with van der Waals surface area (Å²) in [5.74, 6) is -0.231. The average molecular weight is 332 g/mol. The van der Waals surface area contributed by atoms with Crippen LogP contribution < -0.4 is 10.9 Å². The molecule has 25 heavy (non-hydrogen) atoms. The second-order valence-corrected chi connectivity index (χ2v) is 5.98. The number of carbonyl (C=O) groups is 1. The molecule has 3 aromatic rings. The minimum atomic E-state index is -0.231. The molecule has 1 amide bonds. The van der Waals surface area contributed by atoms with Crippen LogP contribution >= 0.6 is 0 Å². The molecular weight excluding hydrogens is 312 g/mol. The van der Waals surface area contributed by atoms with E-state index in [1.54, 1.807) is 11.5 Å². The smallest absolute Gasteiger partial charge is 0.258 e. The molecule has 0 atom stereocenters. The van der Waals surface area contributed by atoms with Crippen LogP contribution in [0, 0.1) is 0 Å². The fourth-order valence-corrected chi connectivity index (χ4v) is 2.83. The lowest BCUT2D eigenvalue weighted by molar-refractivity contribution is -0.112. The SMILES string of the molecule is C=C(C)C(=O)Nc1ccc2cc(-c3ccccc3)c(=O)n(CC)c2c1. The predicted octanol–water partition coefficient (Wildman–Crippen LogP) is 4.20. The first kappa shape index (κ1) is 16.7. The number of aromatic nitrogens is 1. The number of carbonyl (C=O) groups excluding carboxylic acids is 1. The predicted molar refractivity (Wildman–Crippen MR) is 103 cm³/mol. The molecule has 0 spiro atoms. The van der Waals surface area contributed by atoms with E-state index in [9.17, 15) is 9.59 Å². The second kappa shape index (κ2) is 6.77. The summed E-state index contributed by atoms with van der Waals surface area (Å²) in [6.45, 7) is 7.79. The molecule has 1 aromatic heterocycles. The Hall–Kier alpha value is -3.14. The van der Waals surface area contributed by atoms with Gasteiger partial charge in [0.05, 0.1) is 5.52 Å². The Labute approximate surface area is 146 Å². The van der Waals surface area contributed by atoms with Crippen molar-refractivity contribution in [2.24, 2.45) is 0 Å². The van der Waals surface area contributed by atoms with Crippen LogP contribution in [0.2, 0.25) is 0 Å². The third-order valence-electron chi connectivity index (χ3n) is 4.14. The van der Waals surface area contributed by atoms with Gasteiger partial charge in [0.15, 0.2) is 0 Å². The number of pyridine rings is 1. The lowest BCUT2D eigenvalue weighted by Crippen LogP contribution is -2.21. The maximum absolute atomic E-state index is 12.9. The molecule has 0 unspecified atom stereocenters. The van der Waals surface area contributed by atoms with Gasteiger partial charge >= 0.3 is 0 Å². The number of nitrogens with one attached hydrogen (secondary N) is 1. The molecule has 0 aliphatic rings. The minimum absolute atomic E-state index is 0.0374. The molecule has 0 bridgehead atoms. The molecule has 1 N–H and O–H groups in total.